The van der Waals surface area contributed by atoms with Crippen LogP contribution in [0.4, 0.5) is 0 Å². The van der Waals surface area contributed by atoms with Crippen molar-refractivity contribution in [2.24, 2.45) is 29.4 Å². The molecule has 4 rings (SSSR count). The molecular weight excluding hydrogens is 468 g/mol. The van der Waals surface area contributed by atoms with E-state index < -0.39 is 82.1 Å². The van der Waals surface area contributed by atoms with Gasteiger partial charge in [0.2, 0.25) is 5.91 Å². The van der Waals surface area contributed by atoms with Gasteiger partial charge in [-0.05, 0) is 37.7 Å². The molecule has 10 heteroatoms. The van der Waals surface area contributed by atoms with Crippen LogP contribution in [0.15, 0.2) is 18.2 Å². The summed E-state index contributed by atoms with van der Waals surface area (Å²) in [7, 11) is 2.88. The molecule has 36 heavy (non-hydrogen) atoms. The molecule has 0 spiro atoms. The summed E-state index contributed by atoms with van der Waals surface area (Å²) in [5.41, 5.74) is 2.66. The van der Waals surface area contributed by atoms with Crippen LogP contribution in [-0.2, 0) is 19.2 Å². The highest BCUT2D eigenvalue weighted by Gasteiger charge is 2.72. The summed E-state index contributed by atoms with van der Waals surface area (Å²) >= 11 is 0. The molecule has 0 bridgehead atoms. The number of rotatable bonds is 3. The van der Waals surface area contributed by atoms with Crippen LogP contribution in [0.25, 0.3) is 6.08 Å². The van der Waals surface area contributed by atoms with Crippen molar-refractivity contribution in [1.29, 1.82) is 0 Å². The first kappa shape index (κ1) is 25.4. The van der Waals surface area contributed by atoms with Crippen LogP contribution < -0.4 is 5.73 Å². The number of carbonyl (C=O) groups is 5. The van der Waals surface area contributed by atoms with Crippen molar-refractivity contribution in [3.05, 3.63) is 34.9 Å². The molecule has 3 aliphatic rings. The molecule has 0 saturated heterocycles. The van der Waals surface area contributed by atoms with Crippen LogP contribution in [0.5, 0.6) is 5.75 Å². The van der Waals surface area contributed by atoms with Gasteiger partial charge < -0.3 is 21.1 Å². The Kier molecular flexibility index (Phi) is 5.99. The Bertz CT molecular complexity index is 1290. The van der Waals surface area contributed by atoms with E-state index in [4.69, 9.17) is 12.2 Å². The number of carbonyl (C=O) groups excluding carboxylic acids is 5. The second kappa shape index (κ2) is 8.48. The number of aliphatic hydroxyl groups is 2. The summed E-state index contributed by atoms with van der Waals surface area (Å²) in [4.78, 5) is 67.3. The molecule has 5 N–H and O–H groups in total. The topological polar surface area (TPSA) is 175 Å². The lowest BCUT2D eigenvalue weighted by molar-refractivity contribution is -0.196. The summed E-state index contributed by atoms with van der Waals surface area (Å²) in [6.07, 6.45) is 6.27. The van der Waals surface area contributed by atoms with Gasteiger partial charge in [-0.15, -0.1) is 6.42 Å². The summed E-state index contributed by atoms with van der Waals surface area (Å²) in [5, 5.41) is 33.9. The maximum atomic E-state index is 13.8. The normalized spacial score (nSPS) is 35.9. The molecule has 0 aromatic heterocycles. The number of phenolic OH excluding ortho intramolecular Hbond substituents is 1. The van der Waals surface area contributed by atoms with Gasteiger partial charge in [-0.25, -0.2) is 0 Å². The highest BCUT2D eigenvalue weighted by Crippen LogP contribution is 2.54. The molecular formula is C26H26N2O8. The van der Waals surface area contributed by atoms with E-state index in [9.17, 15) is 39.3 Å². The van der Waals surface area contributed by atoms with E-state index in [0.29, 0.717) is 5.56 Å². The Morgan fingerprint density at radius 1 is 1.19 bits per heavy atom. The average molecular weight is 495 g/mol. The number of likely N-dealkylation sites (N-methyl/N-ethyl adjacent to an activating group) is 1. The maximum absolute atomic E-state index is 13.8. The van der Waals surface area contributed by atoms with Crippen molar-refractivity contribution in [1.82, 2.24) is 4.90 Å². The fourth-order valence-corrected chi connectivity index (χ4v) is 6.28. The number of amides is 1. The van der Waals surface area contributed by atoms with Gasteiger partial charge in [-0.2, -0.15) is 0 Å². The van der Waals surface area contributed by atoms with Crippen molar-refractivity contribution in [3.63, 3.8) is 0 Å². The minimum Gasteiger partial charge on any atom is -0.507 e. The van der Waals surface area contributed by atoms with E-state index in [-0.39, 0.29) is 11.1 Å². The van der Waals surface area contributed by atoms with Crippen LogP contribution in [0.1, 0.15) is 34.3 Å². The van der Waals surface area contributed by atoms with Gasteiger partial charge in [-0.3, -0.25) is 28.9 Å². The van der Waals surface area contributed by atoms with Gasteiger partial charge in [0, 0.05) is 11.5 Å². The number of hydrogen-bond donors (Lipinski definition) is 4. The molecule has 8 atom stereocenters. The predicted molar refractivity (Wildman–Crippen MR) is 125 cm³/mol. The van der Waals surface area contributed by atoms with E-state index in [1.54, 1.807) is 13.0 Å². The average Bonchev–Trinajstić information content (AvgIpc) is 2.80. The van der Waals surface area contributed by atoms with Gasteiger partial charge >= 0.3 is 0 Å². The van der Waals surface area contributed by atoms with E-state index in [1.807, 2.05) is 0 Å². The lowest BCUT2D eigenvalue weighted by atomic mass is 9.49. The van der Waals surface area contributed by atoms with E-state index in [1.165, 1.54) is 37.2 Å². The van der Waals surface area contributed by atoms with Crippen molar-refractivity contribution in [2.75, 3.05) is 14.1 Å². The van der Waals surface area contributed by atoms with Crippen molar-refractivity contribution in [3.8, 4) is 18.1 Å². The fraction of sp³-hybridized carbons (Fsp3) is 0.423. The highest BCUT2D eigenvalue weighted by atomic mass is 16.3. The number of Topliss-reactive ketones (excluding diaryl/α,β-unsaturated/α-hetero) is 4. The lowest BCUT2D eigenvalue weighted by Gasteiger charge is -2.56. The first-order valence-electron chi connectivity index (χ1n) is 11.3. The zero-order chi connectivity index (χ0) is 26.9. The number of aliphatic hydroxyl groups excluding tert-OH is 1. The summed E-state index contributed by atoms with van der Waals surface area (Å²) in [6, 6.07) is 1.71. The highest BCUT2D eigenvalue weighted by molar-refractivity contribution is 6.32. The molecule has 0 aliphatic heterocycles. The van der Waals surface area contributed by atoms with Crippen LogP contribution in [-0.4, -0.2) is 81.1 Å². The molecule has 0 heterocycles. The number of nitrogens with zero attached hydrogens (tertiary/aromatic N) is 1. The van der Waals surface area contributed by atoms with Crippen LogP contribution in [0.2, 0.25) is 0 Å². The van der Waals surface area contributed by atoms with Crippen molar-refractivity contribution >= 4 is 35.1 Å². The number of terminal acetylenes is 1. The quantitative estimate of drug-likeness (QED) is 0.305. The number of primary amides is 1. The molecule has 1 aromatic rings. The first-order valence-corrected chi connectivity index (χ1v) is 11.3. The van der Waals surface area contributed by atoms with Crippen LogP contribution in [0, 0.1) is 36.0 Å². The number of fused-ring (bicyclic) bond motifs is 3. The summed E-state index contributed by atoms with van der Waals surface area (Å²) in [6.45, 7) is 1.64. The number of phenols is 1. The van der Waals surface area contributed by atoms with E-state index in [0.717, 1.165) is 0 Å². The van der Waals surface area contributed by atoms with Gasteiger partial charge in [0.15, 0.2) is 34.7 Å². The van der Waals surface area contributed by atoms with Crippen LogP contribution >= 0.6 is 0 Å². The molecule has 10 nitrogen and oxygen atoms in total. The number of benzene rings is 1. The van der Waals surface area contributed by atoms with Gasteiger partial charge in [0.05, 0.1) is 29.5 Å². The summed E-state index contributed by atoms with van der Waals surface area (Å²) < 4.78 is 0. The Labute approximate surface area is 206 Å². The third-order valence-electron chi connectivity index (χ3n) is 7.88. The first-order chi connectivity index (χ1) is 16.8. The SMILES string of the molecule is C#CC=Cc1ccc2c(c1O)C(=O)C1C(=O)[C@]3(O)C(=O)C(C(N)=O)C(=O)[C@@H](N(C)C)[C@@H]3[C@@H](O)[C@@H]1[C@H]2C. The summed E-state index contributed by atoms with van der Waals surface area (Å²) in [5.74, 6) is -11.3. The molecule has 2 fully saturated rings. The minimum absolute atomic E-state index is 0.180. The fourth-order valence-electron chi connectivity index (χ4n) is 6.28. The van der Waals surface area contributed by atoms with E-state index >= 15 is 0 Å². The molecule has 188 valence electrons. The van der Waals surface area contributed by atoms with Gasteiger partial charge in [0.1, 0.15) is 5.75 Å². The Balaban J connectivity index is 1.95. The largest absolute Gasteiger partial charge is 0.507 e. The van der Waals surface area contributed by atoms with Crippen molar-refractivity contribution in [2.45, 2.75) is 30.6 Å². The third-order valence-corrected chi connectivity index (χ3v) is 7.88. The Morgan fingerprint density at radius 2 is 1.83 bits per heavy atom. The Morgan fingerprint density at radius 3 is 2.39 bits per heavy atom. The minimum atomic E-state index is -3.02. The smallest absolute Gasteiger partial charge is 0.235 e. The molecule has 1 amide bonds. The number of allylic oxidation sites excluding steroid dienone is 1. The zero-order valence-corrected chi connectivity index (χ0v) is 19.8. The third kappa shape index (κ3) is 3.13. The number of ketones is 4. The number of nitrogens with two attached hydrogens (primary N) is 1. The second-order valence-electron chi connectivity index (χ2n) is 9.83. The lowest BCUT2D eigenvalue weighted by Crippen LogP contribution is -2.77. The molecule has 1 aromatic carbocycles. The molecule has 0 radical (unpaired) electrons. The molecule has 3 aliphatic carbocycles. The predicted octanol–water partition coefficient (Wildman–Crippen LogP) is -0.955. The number of hydrogen-bond acceptors (Lipinski definition) is 9. The second-order valence-corrected chi connectivity index (χ2v) is 9.83. The van der Waals surface area contributed by atoms with Crippen molar-refractivity contribution < 1.29 is 39.3 Å². The zero-order valence-electron chi connectivity index (χ0n) is 19.8. The number of aromatic hydroxyl groups is 1. The maximum Gasteiger partial charge on any atom is 0.235 e. The molecule has 2 saturated carbocycles. The monoisotopic (exact) mass is 494 g/mol. The standard InChI is InChI=1S/C26H26N2O8/c1-5-6-7-11-8-9-12-10(2)13-15(20(30)14(12)19(11)29)23(33)26(36)17(21(13)31)18(28(3)4)22(32)16(24(26)34)25(27)35/h1,6-10,13,15-18,21,29,31,36H,2-4H3,(H2,27,35)/t10-,13+,15?,16?,17+,18-,21-,26-/m0/s1. The van der Waals surface area contributed by atoms with Crippen LogP contribution in [0.3, 0.4) is 0 Å². The Hall–Kier alpha value is -3.65. The van der Waals surface area contributed by atoms with Gasteiger partial charge in [0.25, 0.3) is 0 Å². The molecule has 2 unspecified atom stereocenters. The van der Waals surface area contributed by atoms with Gasteiger partial charge in [-0.1, -0.05) is 25.0 Å². The van der Waals surface area contributed by atoms with E-state index in [2.05, 4.69) is 5.92 Å².